The lowest BCUT2D eigenvalue weighted by atomic mass is 9.97. The van der Waals surface area contributed by atoms with Crippen LogP contribution in [0.25, 0.3) is 0 Å². The first-order valence-electron chi connectivity index (χ1n) is 6.06. The van der Waals surface area contributed by atoms with E-state index >= 15 is 0 Å². The summed E-state index contributed by atoms with van der Waals surface area (Å²) < 4.78 is 20.7. The van der Waals surface area contributed by atoms with Gasteiger partial charge in [0.1, 0.15) is 0 Å². The van der Waals surface area contributed by atoms with Crippen LogP contribution in [0.1, 0.15) is 62.8 Å². The first-order chi connectivity index (χ1) is 7.06. The third-order valence-corrected chi connectivity index (χ3v) is 6.02. The molecular formula is C14H34NO2P. The SMILES string of the molecule is C.C.CC(C)(C)CN1CCCO[P@@]1(=O)C(C)(C)C. The first-order valence-corrected chi connectivity index (χ1v) is 7.64. The second-order valence-electron chi connectivity index (χ2n) is 6.83. The molecule has 0 saturated carbocycles. The van der Waals surface area contributed by atoms with Crippen LogP contribution in [0.5, 0.6) is 0 Å². The summed E-state index contributed by atoms with van der Waals surface area (Å²) in [6.45, 7) is 14.9. The van der Waals surface area contributed by atoms with E-state index in [1.165, 1.54) is 0 Å². The van der Waals surface area contributed by atoms with E-state index in [1.807, 2.05) is 20.8 Å². The highest BCUT2D eigenvalue weighted by Crippen LogP contribution is 2.63. The standard InChI is InChI=1S/C12H26NO2P.2CH4/c1-11(2,3)10-13-8-7-9-15-16(13,14)12(4,5)6;;/h7-10H2,1-6H3;2*1H4/t16-;;/m0../s1. The van der Waals surface area contributed by atoms with Gasteiger partial charge in [0, 0.05) is 13.1 Å². The molecule has 0 aromatic rings. The molecule has 1 heterocycles. The zero-order chi connectivity index (χ0) is 12.6. The molecule has 1 atom stereocenters. The summed E-state index contributed by atoms with van der Waals surface area (Å²) >= 11 is 0. The summed E-state index contributed by atoms with van der Waals surface area (Å²) in [7, 11) is -2.67. The highest BCUT2D eigenvalue weighted by atomic mass is 31.2. The fourth-order valence-corrected chi connectivity index (χ4v) is 4.78. The van der Waals surface area contributed by atoms with Gasteiger partial charge < -0.3 is 4.52 Å². The molecule has 0 unspecified atom stereocenters. The molecule has 0 N–H and O–H groups in total. The van der Waals surface area contributed by atoms with Crippen molar-refractivity contribution in [3.8, 4) is 0 Å². The van der Waals surface area contributed by atoms with Crippen LogP contribution in [0.4, 0.5) is 0 Å². The van der Waals surface area contributed by atoms with Crippen LogP contribution in [-0.4, -0.2) is 29.5 Å². The molecule has 0 aromatic heterocycles. The van der Waals surface area contributed by atoms with Gasteiger partial charge in [-0.1, -0.05) is 35.6 Å². The second-order valence-corrected chi connectivity index (χ2v) is 10.0. The number of nitrogens with zero attached hydrogens (tertiary/aromatic N) is 1. The van der Waals surface area contributed by atoms with E-state index in [-0.39, 0.29) is 25.4 Å². The molecule has 1 rings (SSSR count). The minimum absolute atomic E-state index is 0. The maximum absolute atomic E-state index is 13.0. The highest BCUT2D eigenvalue weighted by Gasteiger charge is 2.46. The molecule has 0 radical (unpaired) electrons. The molecule has 18 heavy (non-hydrogen) atoms. The molecule has 0 aromatic carbocycles. The average molecular weight is 279 g/mol. The van der Waals surface area contributed by atoms with Gasteiger partial charge in [-0.05, 0) is 32.6 Å². The van der Waals surface area contributed by atoms with Gasteiger partial charge in [0.05, 0.1) is 11.8 Å². The molecule has 0 bridgehead atoms. The molecule has 1 saturated heterocycles. The maximum Gasteiger partial charge on any atom is 0.277 e. The molecule has 1 aliphatic heterocycles. The lowest BCUT2D eigenvalue weighted by Gasteiger charge is -2.44. The predicted octanol–water partition coefficient (Wildman–Crippen LogP) is 5.02. The molecule has 4 heteroatoms. The van der Waals surface area contributed by atoms with E-state index in [2.05, 4.69) is 25.4 Å². The zero-order valence-electron chi connectivity index (χ0n) is 11.5. The summed E-state index contributed by atoms with van der Waals surface area (Å²) in [6, 6.07) is 0. The van der Waals surface area contributed by atoms with Gasteiger partial charge in [0.2, 0.25) is 0 Å². The summed E-state index contributed by atoms with van der Waals surface area (Å²) in [5.74, 6) is 0. The van der Waals surface area contributed by atoms with Crippen molar-refractivity contribution in [3.05, 3.63) is 0 Å². The normalized spacial score (nSPS) is 26.1. The van der Waals surface area contributed by atoms with Gasteiger partial charge in [0.15, 0.2) is 0 Å². The zero-order valence-corrected chi connectivity index (χ0v) is 12.4. The van der Waals surface area contributed by atoms with Gasteiger partial charge in [-0.25, -0.2) is 4.67 Å². The summed E-state index contributed by atoms with van der Waals surface area (Å²) in [5, 5.41) is -0.293. The number of hydrogen-bond acceptors (Lipinski definition) is 2. The third-order valence-electron chi connectivity index (χ3n) is 2.70. The van der Waals surface area contributed by atoms with Crippen molar-refractivity contribution in [2.75, 3.05) is 19.7 Å². The topological polar surface area (TPSA) is 29.5 Å². The van der Waals surface area contributed by atoms with Gasteiger partial charge >= 0.3 is 0 Å². The fraction of sp³-hybridized carbons (Fsp3) is 1.00. The largest absolute Gasteiger partial charge is 0.317 e. The van der Waals surface area contributed by atoms with Crippen LogP contribution in [0.3, 0.4) is 0 Å². The minimum Gasteiger partial charge on any atom is -0.317 e. The molecule has 1 aliphatic rings. The second kappa shape index (κ2) is 6.54. The van der Waals surface area contributed by atoms with Crippen molar-refractivity contribution in [2.24, 2.45) is 5.41 Å². The number of rotatable bonds is 1. The van der Waals surface area contributed by atoms with Gasteiger partial charge in [-0.15, -0.1) is 0 Å². The summed E-state index contributed by atoms with van der Waals surface area (Å²) in [6.07, 6.45) is 0.982. The Labute approximate surface area is 115 Å². The van der Waals surface area contributed by atoms with E-state index in [9.17, 15) is 4.57 Å². The Morgan fingerprint density at radius 3 is 2.00 bits per heavy atom. The van der Waals surface area contributed by atoms with Gasteiger partial charge in [-0.2, -0.15) is 0 Å². The van der Waals surface area contributed by atoms with Crippen LogP contribution in [-0.2, 0) is 9.09 Å². The van der Waals surface area contributed by atoms with E-state index in [4.69, 9.17) is 4.52 Å². The Morgan fingerprint density at radius 1 is 1.11 bits per heavy atom. The lowest BCUT2D eigenvalue weighted by Crippen LogP contribution is -2.40. The van der Waals surface area contributed by atoms with Crippen LogP contribution < -0.4 is 0 Å². The van der Waals surface area contributed by atoms with E-state index in [0.29, 0.717) is 6.61 Å². The Morgan fingerprint density at radius 2 is 1.61 bits per heavy atom. The fourth-order valence-electron chi connectivity index (χ4n) is 1.99. The number of hydrogen-bond donors (Lipinski definition) is 0. The van der Waals surface area contributed by atoms with Crippen molar-refractivity contribution in [3.63, 3.8) is 0 Å². The smallest absolute Gasteiger partial charge is 0.277 e. The Kier molecular flexibility index (Phi) is 7.44. The third kappa shape index (κ3) is 4.68. The van der Waals surface area contributed by atoms with Crippen LogP contribution in [0.15, 0.2) is 0 Å². The summed E-state index contributed by atoms with van der Waals surface area (Å²) in [5.41, 5.74) is 0.154. The Balaban J connectivity index is 0. The predicted molar refractivity (Wildman–Crippen MR) is 82.4 cm³/mol. The van der Waals surface area contributed by atoms with Crippen molar-refractivity contribution in [1.29, 1.82) is 0 Å². The van der Waals surface area contributed by atoms with Gasteiger partial charge in [0.25, 0.3) is 7.52 Å². The quantitative estimate of drug-likeness (QED) is 0.631. The lowest BCUT2D eigenvalue weighted by molar-refractivity contribution is 0.165. The van der Waals surface area contributed by atoms with Crippen molar-refractivity contribution in [1.82, 2.24) is 4.67 Å². The molecular weight excluding hydrogens is 245 g/mol. The van der Waals surface area contributed by atoms with Gasteiger partial charge in [-0.3, -0.25) is 4.57 Å². The minimum atomic E-state index is -2.67. The van der Waals surface area contributed by atoms with E-state index in [0.717, 1.165) is 19.5 Å². The summed E-state index contributed by atoms with van der Waals surface area (Å²) in [4.78, 5) is 0. The molecule has 0 aliphatic carbocycles. The molecule has 1 fully saturated rings. The van der Waals surface area contributed by atoms with E-state index in [1.54, 1.807) is 0 Å². The van der Waals surface area contributed by atoms with E-state index < -0.39 is 7.52 Å². The maximum atomic E-state index is 13.0. The first kappa shape index (κ1) is 20.5. The molecule has 3 nitrogen and oxygen atoms in total. The highest BCUT2D eigenvalue weighted by molar-refractivity contribution is 7.58. The van der Waals surface area contributed by atoms with Crippen LogP contribution in [0, 0.1) is 5.41 Å². The Bertz CT molecular complexity index is 289. The van der Waals surface area contributed by atoms with Crippen molar-refractivity contribution in [2.45, 2.75) is 68.0 Å². The monoisotopic (exact) mass is 279 g/mol. The van der Waals surface area contributed by atoms with Crippen molar-refractivity contribution < 1.29 is 9.09 Å². The van der Waals surface area contributed by atoms with Crippen LogP contribution in [0.2, 0.25) is 0 Å². The Hall–Kier alpha value is 0.150. The van der Waals surface area contributed by atoms with Crippen molar-refractivity contribution >= 4 is 7.52 Å². The average Bonchev–Trinajstić information content (AvgIpc) is 2.04. The van der Waals surface area contributed by atoms with Crippen LogP contribution >= 0.6 is 7.52 Å². The molecule has 112 valence electrons. The molecule has 0 amide bonds. The molecule has 0 spiro atoms.